The first-order valence-corrected chi connectivity index (χ1v) is 5.90. The molecule has 1 aromatic heterocycles. The van der Waals surface area contributed by atoms with Crippen LogP contribution in [0.2, 0.25) is 0 Å². The minimum absolute atomic E-state index is 0.115. The molecule has 0 aliphatic carbocycles. The summed E-state index contributed by atoms with van der Waals surface area (Å²) < 4.78 is 2.74. The maximum absolute atomic E-state index is 11.7. The highest BCUT2D eigenvalue weighted by Gasteiger charge is 2.37. The minimum atomic E-state index is -1.98. The molecule has 0 aliphatic heterocycles. The zero-order chi connectivity index (χ0) is 13.8. The second kappa shape index (κ2) is 6.22. The van der Waals surface area contributed by atoms with Gasteiger partial charge in [0.2, 0.25) is 10.0 Å². The molecular weight excluding hydrogens is 302 g/mol. The number of amides is 1. The number of hydrogen-bond donors (Lipinski definition) is 1. The SMILES string of the molecule is CC(=O)OC(NC(=O)c1ccccn1)C(Cl)(Cl)Cl. The Labute approximate surface area is 118 Å². The molecule has 1 atom stereocenters. The van der Waals surface area contributed by atoms with Gasteiger partial charge in [-0.2, -0.15) is 0 Å². The zero-order valence-corrected chi connectivity index (χ0v) is 11.5. The van der Waals surface area contributed by atoms with Crippen LogP contribution in [0.4, 0.5) is 0 Å². The van der Waals surface area contributed by atoms with Gasteiger partial charge in [0.05, 0.1) is 0 Å². The van der Waals surface area contributed by atoms with E-state index in [-0.39, 0.29) is 5.69 Å². The van der Waals surface area contributed by atoms with Gasteiger partial charge in [0.1, 0.15) is 5.69 Å². The van der Waals surface area contributed by atoms with Crippen molar-refractivity contribution in [2.45, 2.75) is 16.9 Å². The highest BCUT2D eigenvalue weighted by molar-refractivity contribution is 6.68. The fourth-order valence-electron chi connectivity index (χ4n) is 1.03. The molecule has 0 bridgehead atoms. The smallest absolute Gasteiger partial charge is 0.304 e. The average molecular weight is 312 g/mol. The number of carbonyl (C=O) groups excluding carboxylic acids is 2. The molecule has 8 heteroatoms. The summed E-state index contributed by atoms with van der Waals surface area (Å²) in [6, 6.07) is 4.74. The predicted molar refractivity (Wildman–Crippen MR) is 67.5 cm³/mol. The van der Waals surface area contributed by atoms with Crippen molar-refractivity contribution in [2.24, 2.45) is 0 Å². The van der Waals surface area contributed by atoms with Crippen LogP contribution in [0.3, 0.4) is 0 Å². The van der Waals surface area contributed by atoms with Crippen molar-refractivity contribution >= 4 is 46.7 Å². The van der Waals surface area contributed by atoms with Crippen LogP contribution in [-0.2, 0) is 9.53 Å². The van der Waals surface area contributed by atoms with Gasteiger partial charge in [-0.05, 0) is 12.1 Å². The van der Waals surface area contributed by atoms with Crippen LogP contribution in [0, 0.1) is 0 Å². The van der Waals surface area contributed by atoms with Crippen molar-refractivity contribution in [3.05, 3.63) is 30.1 Å². The van der Waals surface area contributed by atoms with E-state index in [1.165, 1.54) is 12.3 Å². The number of rotatable bonds is 3. The van der Waals surface area contributed by atoms with Crippen molar-refractivity contribution < 1.29 is 14.3 Å². The number of esters is 1. The van der Waals surface area contributed by atoms with Crippen molar-refractivity contribution in [1.82, 2.24) is 10.3 Å². The number of halogens is 3. The average Bonchev–Trinajstić information content (AvgIpc) is 2.27. The molecule has 1 unspecified atom stereocenters. The van der Waals surface area contributed by atoms with E-state index >= 15 is 0 Å². The van der Waals surface area contributed by atoms with Crippen LogP contribution in [0.5, 0.6) is 0 Å². The molecule has 5 nitrogen and oxygen atoms in total. The number of pyridine rings is 1. The number of nitrogens with one attached hydrogen (secondary N) is 1. The van der Waals surface area contributed by atoms with E-state index in [0.717, 1.165) is 6.92 Å². The lowest BCUT2D eigenvalue weighted by atomic mass is 10.3. The normalized spacial score (nSPS) is 12.7. The number of ether oxygens (including phenoxy) is 1. The van der Waals surface area contributed by atoms with Crippen LogP contribution < -0.4 is 5.32 Å². The zero-order valence-electron chi connectivity index (χ0n) is 9.19. The minimum Gasteiger partial charge on any atom is -0.437 e. The maximum Gasteiger partial charge on any atom is 0.304 e. The van der Waals surface area contributed by atoms with Crippen LogP contribution in [0.15, 0.2) is 24.4 Å². The third-order valence-corrected chi connectivity index (χ3v) is 2.34. The van der Waals surface area contributed by atoms with Gasteiger partial charge in [-0.3, -0.25) is 14.6 Å². The van der Waals surface area contributed by atoms with Gasteiger partial charge < -0.3 is 10.1 Å². The lowest BCUT2D eigenvalue weighted by Crippen LogP contribution is -2.46. The Hall–Kier alpha value is -1.04. The monoisotopic (exact) mass is 310 g/mol. The summed E-state index contributed by atoms with van der Waals surface area (Å²) in [5.74, 6) is -1.30. The van der Waals surface area contributed by atoms with Crippen molar-refractivity contribution in [3.8, 4) is 0 Å². The molecule has 0 saturated heterocycles. The standard InChI is InChI=1S/C10H9Cl3N2O3/c1-6(16)18-9(10(11,12)13)15-8(17)7-4-2-3-5-14-7/h2-5,9H,1H3,(H,15,17). The van der Waals surface area contributed by atoms with E-state index in [1.54, 1.807) is 12.1 Å². The first-order valence-electron chi connectivity index (χ1n) is 4.76. The summed E-state index contributed by atoms with van der Waals surface area (Å²) in [6.07, 6.45) is 0.0416. The van der Waals surface area contributed by atoms with Crippen LogP contribution in [0.1, 0.15) is 17.4 Å². The quantitative estimate of drug-likeness (QED) is 0.527. The fraction of sp³-hybridized carbons (Fsp3) is 0.300. The molecule has 0 saturated carbocycles. The molecule has 1 heterocycles. The third kappa shape index (κ3) is 4.68. The number of aromatic nitrogens is 1. The summed E-state index contributed by atoms with van der Waals surface area (Å²) >= 11 is 16.8. The van der Waals surface area contributed by atoms with E-state index < -0.39 is 21.9 Å². The molecule has 1 N–H and O–H groups in total. The fourth-order valence-corrected chi connectivity index (χ4v) is 1.33. The van der Waals surface area contributed by atoms with Gasteiger partial charge in [-0.1, -0.05) is 40.9 Å². The summed E-state index contributed by atoms with van der Waals surface area (Å²) in [4.78, 5) is 26.4. The number of nitrogens with zero attached hydrogens (tertiary/aromatic N) is 1. The van der Waals surface area contributed by atoms with E-state index in [4.69, 9.17) is 39.5 Å². The molecule has 18 heavy (non-hydrogen) atoms. The van der Waals surface area contributed by atoms with Crippen LogP contribution in [0.25, 0.3) is 0 Å². The first kappa shape index (κ1) is 15.0. The Balaban J connectivity index is 2.78. The van der Waals surface area contributed by atoms with Crippen molar-refractivity contribution in [3.63, 3.8) is 0 Å². The molecule has 1 amide bonds. The lowest BCUT2D eigenvalue weighted by Gasteiger charge is -2.24. The molecular formula is C10H9Cl3N2O3. The summed E-state index contributed by atoms with van der Waals surface area (Å²) in [5, 5.41) is 2.26. The van der Waals surface area contributed by atoms with E-state index in [2.05, 4.69) is 10.3 Å². The molecule has 0 aliphatic rings. The number of alkyl halides is 3. The first-order chi connectivity index (χ1) is 8.30. The van der Waals surface area contributed by atoms with Gasteiger partial charge in [-0.15, -0.1) is 0 Å². The van der Waals surface area contributed by atoms with Gasteiger partial charge >= 0.3 is 5.97 Å². The topological polar surface area (TPSA) is 68.3 Å². The summed E-state index contributed by atoms with van der Waals surface area (Å²) in [6.45, 7) is 1.14. The molecule has 0 aromatic carbocycles. The Morgan fingerprint density at radius 3 is 2.50 bits per heavy atom. The Morgan fingerprint density at radius 1 is 1.39 bits per heavy atom. The molecule has 1 rings (SSSR count). The largest absolute Gasteiger partial charge is 0.437 e. The lowest BCUT2D eigenvalue weighted by molar-refractivity contribution is -0.147. The highest BCUT2D eigenvalue weighted by Crippen LogP contribution is 2.31. The number of carbonyl (C=O) groups is 2. The van der Waals surface area contributed by atoms with Crippen LogP contribution >= 0.6 is 34.8 Å². The summed E-state index contributed by atoms with van der Waals surface area (Å²) in [5.41, 5.74) is 0.115. The van der Waals surface area contributed by atoms with Gasteiger partial charge in [0, 0.05) is 13.1 Å². The second-order valence-electron chi connectivity index (χ2n) is 3.22. The molecule has 0 fully saturated rings. The van der Waals surface area contributed by atoms with Gasteiger partial charge in [-0.25, -0.2) is 0 Å². The third-order valence-electron chi connectivity index (χ3n) is 1.74. The molecule has 0 spiro atoms. The Morgan fingerprint density at radius 2 is 2.06 bits per heavy atom. The Bertz CT molecular complexity index is 434. The Kier molecular flexibility index (Phi) is 5.19. The summed E-state index contributed by atoms with van der Waals surface area (Å²) in [7, 11) is 0. The molecule has 1 aromatic rings. The van der Waals surface area contributed by atoms with E-state index in [1.807, 2.05) is 0 Å². The highest BCUT2D eigenvalue weighted by atomic mass is 35.6. The van der Waals surface area contributed by atoms with E-state index in [9.17, 15) is 9.59 Å². The molecule has 98 valence electrons. The van der Waals surface area contributed by atoms with Crippen molar-refractivity contribution in [1.29, 1.82) is 0 Å². The van der Waals surface area contributed by atoms with Crippen LogP contribution in [-0.4, -0.2) is 26.9 Å². The maximum atomic E-state index is 11.7. The predicted octanol–water partition coefficient (Wildman–Crippen LogP) is 2.07. The van der Waals surface area contributed by atoms with Crippen molar-refractivity contribution in [2.75, 3.05) is 0 Å². The van der Waals surface area contributed by atoms with Gasteiger partial charge in [0.15, 0.2) is 0 Å². The molecule has 0 radical (unpaired) electrons. The van der Waals surface area contributed by atoms with E-state index in [0.29, 0.717) is 0 Å². The van der Waals surface area contributed by atoms with Gasteiger partial charge in [0.25, 0.3) is 5.91 Å². The second-order valence-corrected chi connectivity index (χ2v) is 5.59. The number of hydrogen-bond acceptors (Lipinski definition) is 4.